The number of hydrogen-bond donors (Lipinski definition) is 0. The van der Waals surface area contributed by atoms with E-state index in [4.69, 9.17) is 0 Å². The molecule has 17 heavy (non-hydrogen) atoms. The van der Waals surface area contributed by atoms with Crippen LogP contribution in [0.2, 0.25) is 0 Å². The summed E-state index contributed by atoms with van der Waals surface area (Å²) in [5.74, 6) is 0. The molecule has 1 heteroatoms. The normalized spacial score (nSPS) is 13.1. The van der Waals surface area contributed by atoms with Crippen molar-refractivity contribution < 1.29 is 0 Å². The van der Waals surface area contributed by atoms with Gasteiger partial charge in [0.1, 0.15) is 0 Å². The lowest BCUT2D eigenvalue weighted by molar-refractivity contribution is 1.21. The molecule has 0 radical (unpaired) electrons. The molecule has 88 valence electrons. The second-order valence-corrected chi connectivity index (χ2v) is 6.07. The molecule has 0 aromatic heterocycles. The molecule has 0 unspecified atom stereocenters. The van der Waals surface area contributed by atoms with Crippen molar-refractivity contribution >= 4 is 18.5 Å². The maximum Gasteiger partial charge on any atom is -0.00129 e. The van der Waals surface area contributed by atoms with E-state index in [0.29, 0.717) is 0 Å². The van der Waals surface area contributed by atoms with E-state index in [1.54, 1.807) is 10.6 Å². The van der Waals surface area contributed by atoms with Gasteiger partial charge in [-0.25, -0.2) is 0 Å². The van der Waals surface area contributed by atoms with Crippen molar-refractivity contribution in [1.82, 2.24) is 0 Å². The molecule has 0 saturated heterocycles. The van der Waals surface area contributed by atoms with E-state index in [-0.39, 0.29) is 7.92 Å². The van der Waals surface area contributed by atoms with Crippen LogP contribution in [0.5, 0.6) is 0 Å². The molecule has 1 heterocycles. The second-order valence-electron chi connectivity index (χ2n) is 3.99. The third kappa shape index (κ3) is 2.28. The van der Waals surface area contributed by atoms with Crippen LogP contribution in [0.25, 0.3) is 0 Å². The number of fused-ring (bicyclic) bond motifs is 2. The van der Waals surface area contributed by atoms with E-state index in [1.165, 1.54) is 11.1 Å². The molecular weight excluding hydrogens is 223 g/mol. The zero-order valence-corrected chi connectivity index (χ0v) is 11.7. The average molecular weight is 242 g/mol. The third-order valence-corrected chi connectivity index (χ3v) is 5.40. The van der Waals surface area contributed by atoms with Crippen LogP contribution in [0, 0.1) is 0 Å². The van der Waals surface area contributed by atoms with Crippen LogP contribution in [0.3, 0.4) is 0 Å². The maximum absolute atomic E-state index is 2.37. The summed E-state index contributed by atoms with van der Waals surface area (Å²) in [6, 6.07) is 17.7. The summed E-state index contributed by atoms with van der Waals surface area (Å²) in [5.41, 5.74) is 3.04. The lowest BCUT2D eigenvalue weighted by Gasteiger charge is -2.25. The molecule has 0 N–H and O–H groups in total. The van der Waals surface area contributed by atoms with Crippen molar-refractivity contribution in [3.63, 3.8) is 0 Å². The van der Waals surface area contributed by atoms with Crippen LogP contribution in [-0.2, 0) is 6.42 Å². The fourth-order valence-corrected chi connectivity index (χ4v) is 4.36. The van der Waals surface area contributed by atoms with E-state index in [9.17, 15) is 0 Å². The molecule has 1 aliphatic heterocycles. The van der Waals surface area contributed by atoms with Gasteiger partial charge >= 0.3 is 0 Å². The van der Waals surface area contributed by atoms with E-state index in [1.807, 2.05) is 13.8 Å². The Morgan fingerprint density at radius 1 is 0.765 bits per heavy atom. The minimum Gasteiger partial charge on any atom is -0.0683 e. The minimum absolute atomic E-state index is 0.123. The highest BCUT2D eigenvalue weighted by atomic mass is 31.1. The second kappa shape index (κ2) is 5.47. The Kier molecular flexibility index (Phi) is 3.97. The molecule has 0 bridgehead atoms. The standard InChI is InChI=1S/C14H13P.C2H6/c1-15-13-8-4-2-6-11(13)10-12-7-3-5-9-14(12)15;1-2/h2-9H,10H2,1H3;1-2H3. The van der Waals surface area contributed by atoms with Gasteiger partial charge in [-0.1, -0.05) is 62.4 Å². The van der Waals surface area contributed by atoms with Gasteiger partial charge in [0.05, 0.1) is 0 Å². The van der Waals surface area contributed by atoms with Crippen LogP contribution < -0.4 is 10.6 Å². The molecule has 3 rings (SSSR count). The van der Waals surface area contributed by atoms with Crippen LogP contribution in [0.4, 0.5) is 0 Å². The fourth-order valence-electron chi connectivity index (χ4n) is 2.31. The molecule has 0 aliphatic carbocycles. The van der Waals surface area contributed by atoms with Crippen molar-refractivity contribution in [2.24, 2.45) is 0 Å². The highest BCUT2D eigenvalue weighted by Gasteiger charge is 2.20. The quantitative estimate of drug-likeness (QED) is 0.618. The van der Waals surface area contributed by atoms with Crippen molar-refractivity contribution in [3.8, 4) is 0 Å². The summed E-state index contributed by atoms with van der Waals surface area (Å²) in [5, 5.41) is 3.12. The molecule has 0 nitrogen and oxygen atoms in total. The van der Waals surface area contributed by atoms with E-state index in [2.05, 4.69) is 55.2 Å². The molecule has 0 fully saturated rings. The SMILES string of the molecule is CC.CP1c2ccccc2Cc2ccccc21. The van der Waals surface area contributed by atoms with Crippen LogP contribution in [0.15, 0.2) is 48.5 Å². The molecule has 1 aliphatic rings. The van der Waals surface area contributed by atoms with Gasteiger partial charge in [-0.05, 0) is 42.7 Å². The number of hydrogen-bond acceptors (Lipinski definition) is 0. The van der Waals surface area contributed by atoms with Gasteiger partial charge in [-0.3, -0.25) is 0 Å². The zero-order valence-electron chi connectivity index (χ0n) is 10.8. The van der Waals surface area contributed by atoms with Gasteiger partial charge < -0.3 is 0 Å². The first-order valence-corrected chi connectivity index (χ1v) is 8.05. The summed E-state index contributed by atoms with van der Waals surface area (Å²) in [7, 11) is -0.123. The van der Waals surface area contributed by atoms with E-state index >= 15 is 0 Å². The van der Waals surface area contributed by atoms with Gasteiger partial charge in [0.15, 0.2) is 0 Å². The summed E-state index contributed by atoms with van der Waals surface area (Å²) in [6.45, 7) is 6.37. The molecular formula is C16H19P. The van der Waals surface area contributed by atoms with Crippen molar-refractivity contribution in [2.45, 2.75) is 20.3 Å². The zero-order chi connectivity index (χ0) is 12.3. The molecule has 0 atom stereocenters. The highest BCUT2D eigenvalue weighted by molar-refractivity contribution is 7.72. The van der Waals surface area contributed by atoms with Gasteiger partial charge in [0.25, 0.3) is 0 Å². The van der Waals surface area contributed by atoms with Gasteiger partial charge in [-0.2, -0.15) is 0 Å². The van der Waals surface area contributed by atoms with Crippen LogP contribution in [0.1, 0.15) is 25.0 Å². The number of rotatable bonds is 0. The first-order chi connectivity index (χ1) is 8.36. The van der Waals surface area contributed by atoms with Gasteiger partial charge in [0, 0.05) is 0 Å². The topological polar surface area (TPSA) is 0 Å². The first-order valence-electron chi connectivity index (χ1n) is 6.26. The lowest BCUT2D eigenvalue weighted by atomic mass is 10.0. The molecule has 0 spiro atoms. The molecule has 0 saturated carbocycles. The minimum atomic E-state index is -0.123. The lowest BCUT2D eigenvalue weighted by Crippen LogP contribution is -2.24. The van der Waals surface area contributed by atoms with E-state index < -0.39 is 0 Å². The fraction of sp³-hybridized carbons (Fsp3) is 0.250. The third-order valence-electron chi connectivity index (χ3n) is 3.09. The summed E-state index contributed by atoms with van der Waals surface area (Å²) in [4.78, 5) is 0. The Hall–Kier alpha value is -1.13. The number of benzene rings is 2. The molecule has 2 aromatic rings. The smallest absolute Gasteiger partial charge is 0.00129 e. The molecule has 2 aromatic carbocycles. The molecule has 0 amide bonds. The summed E-state index contributed by atoms with van der Waals surface area (Å²) >= 11 is 0. The Morgan fingerprint density at radius 2 is 1.18 bits per heavy atom. The average Bonchev–Trinajstić information content (AvgIpc) is 2.41. The summed E-state index contributed by atoms with van der Waals surface area (Å²) < 4.78 is 0. The Morgan fingerprint density at radius 3 is 1.65 bits per heavy atom. The predicted octanol–water partition coefficient (Wildman–Crippen LogP) is 3.68. The van der Waals surface area contributed by atoms with Crippen molar-refractivity contribution in [3.05, 3.63) is 59.7 Å². The predicted molar refractivity (Wildman–Crippen MR) is 79.2 cm³/mol. The Balaban J connectivity index is 0.000000514. The maximum atomic E-state index is 2.37. The van der Waals surface area contributed by atoms with Crippen LogP contribution in [-0.4, -0.2) is 6.66 Å². The summed E-state index contributed by atoms with van der Waals surface area (Å²) in [6.07, 6.45) is 1.11. The first kappa shape index (κ1) is 12.3. The Bertz CT molecular complexity index is 457. The largest absolute Gasteiger partial charge is 0.0683 e. The van der Waals surface area contributed by atoms with Crippen molar-refractivity contribution in [2.75, 3.05) is 6.66 Å². The van der Waals surface area contributed by atoms with Crippen LogP contribution >= 0.6 is 7.92 Å². The Labute approximate surface area is 105 Å². The van der Waals surface area contributed by atoms with E-state index in [0.717, 1.165) is 6.42 Å². The van der Waals surface area contributed by atoms with Gasteiger partial charge in [0.2, 0.25) is 0 Å². The highest BCUT2D eigenvalue weighted by Crippen LogP contribution is 2.36. The monoisotopic (exact) mass is 242 g/mol. The van der Waals surface area contributed by atoms with Gasteiger partial charge in [-0.15, -0.1) is 0 Å². The van der Waals surface area contributed by atoms with Crippen molar-refractivity contribution in [1.29, 1.82) is 0 Å².